The van der Waals surface area contributed by atoms with E-state index in [0.29, 0.717) is 0 Å². The third-order valence-electron chi connectivity index (χ3n) is 5.28. The molecule has 0 radical (unpaired) electrons. The van der Waals surface area contributed by atoms with Gasteiger partial charge in [-0.3, -0.25) is 0 Å². The molecule has 1 heteroatoms. The second kappa shape index (κ2) is 11.3. The van der Waals surface area contributed by atoms with Crippen molar-refractivity contribution in [3.05, 3.63) is 60.7 Å². The zero-order chi connectivity index (χ0) is 17.0. The first-order chi connectivity index (χ1) is 11.8. The van der Waals surface area contributed by atoms with E-state index in [9.17, 15) is 0 Å². The summed E-state index contributed by atoms with van der Waals surface area (Å²) in [5, 5.41) is 0. The zero-order valence-electron chi connectivity index (χ0n) is 15.2. The van der Waals surface area contributed by atoms with Crippen LogP contribution in [0.3, 0.4) is 0 Å². The molecule has 132 valence electrons. The Kier molecular flexibility index (Phi) is 8.91. The highest BCUT2D eigenvalue weighted by molar-refractivity contribution is 5.25. The lowest BCUT2D eigenvalue weighted by Crippen LogP contribution is -2.13. The lowest BCUT2D eigenvalue weighted by atomic mass is 9.77. The molecule has 1 aliphatic rings. The third-order valence-corrected chi connectivity index (χ3v) is 5.28. The van der Waals surface area contributed by atoms with Crippen molar-refractivity contribution in [2.24, 2.45) is 5.92 Å². The maximum absolute atomic E-state index is 5.71. The van der Waals surface area contributed by atoms with Crippen molar-refractivity contribution in [1.82, 2.24) is 0 Å². The fourth-order valence-electron chi connectivity index (χ4n) is 3.74. The summed E-state index contributed by atoms with van der Waals surface area (Å²) in [6.07, 6.45) is 15.5. The van der Waals surface area contributed by atoms with Crippen LogP contribution in [0.4, 0.5) is 0 Å². The topological polar surface area (TPSA) is 9.23 Å². The molecule has 24 heavy (non-hydrogen) atoms. The number of benzene rings is 1. The second-order valence-corrected chi connectivity index (χ2v) is 7.16. The van der Waals surface area contributed by atoms with Gasteiger partial charge in [-0.15, -0.1) is 13.2 Å². The van der Waals surface area contributed by atoms with E-state index in [0.717, 1.165) is 37.9 Å². The first kappa shape index (κ1) is 19.0. The van der Waals surface area contributed by atoms with Crippen LogP contribution in [0.2, 0.25) is 0 Å². The minimum absolute atomic E-state index is 0.730. The maximum atomic E-state index is 5.71. The lowest BCUT2D eigenvalue weighted by Gasteiger charge is -2.29. The number of hydrogen-bond donors (Lipinski definition) is 0. The number of ether oxygens (including phenoxy) is 1. The van der Waals surface area contributed by atoms with Gasteiger partial charge in [0.1, 0.15) is 0 Å². The monoisotopic (exact) mass is 326 g/mol. The van der Waals surface area contributed by atoms with Crippen LogP contribution in [-0.4, -0.2) is 6.61 Å². The predicted octanol–water partition coefficient (Wildman–Crippen LogP) is 6.80. The van der Waals surface area contributed by atoms with Crippen LogP contribution >= 0.6 is 0 Å². The molecular formula is C23H34O. The summed E-state index contributed by atoms with van der Waals surface area (Å²) >= 11 is 0. The van der Waals surface area contributed by atoms with Gasteiger partial charge in [0, 0.05) is 6.61 Å². The van der Waals surface area contributed by atoms with Crippen LogP contribution in [0, 0.1) is 5.92 Å². The quantitative estimate of drug-likeness (QED) is 0.321. The third kappa shape index (κ3) is 6.65. The minimum atomic E-state index is 0.730. The molecule has 0 aliphatic heterocycles. The summed E-state index contributed by atoms with van der Waals surface area (Å²) < 4.78 is 5.71. The standard InChI is InChI=1S/C23H34O/c1-3-5-7-9-20-10-14-22(15-11-20)23-16-12-21(13-17-23)19-24-18-8-6-4-2/h3-4,12-13,16-17,20,22H,1-2,5-11,14-15,18-19H2. The maximum Gasteiger partial charge on any atom is 0.0716 e. The first-order valence-corrected chi connectivity index (χ1v) is 9.72. The number of rotatable bonds is 11. The van der Waals surface area contributed by atoms with Crippen LogP contribution in [0.15, 0.2) is 49.6 Å². The molecule has 1 aliphatic carbocycles. The van der Waals surface area contributed by atoms with Crippen LogP contribution in [0.5, 0.6) is 0 Å². The Labute approximate surface area is 148 Å². The van der Waals surface area contributed by atoms with Gasteiger partial charge in [0.15, 0.2) is 0 Å². The Bertz CT molecular complexity index is 465. The molecule has 2 rings (SSSR count). The summed E-state index contributed by atoms with van der Waals surface area (Å²) in [7, 11) is 0. The largest absolute Gasteiger partial charge is 0.377 e. The molecule has 1 aromatic carbocycles. The highest BCUT2D eigenvalue weighted by atomic mass is 16.5. The molecule has 0 spiro atoms. The summed E-state index contributed by atoms with van der Waals surface area (Å²) in [4.78, 5) is 0. The average Bonchev–Trinajstić information content (AvgIpc) is 2.63. The Morgan fingerprint density at radius 3 is 2.25 bits per heavy atom. The van der Waals surface area contributed by atoms with Crippen molar-refractivity contribution in [3.8, 4) is 0 Å². The van der Waals surface area contributed by atoms with Crippen molar-refractivity contribution in [1.29, 1.82) is 0 Å². The molecule has 1 fully saturated rings. The van der Waals surface area contributed by atoms with E-state index in [4.69, 9.17) is 4.74 Å². The van der Waals surface area contributed by atoms with E-state index in [2.05, 4.69) is 43.5 Å². The molecule has 0 amide bonds. The number of hydrogen-bond acceptors (Lipinski definition) is 1. The van der Waals surface area contributed by atoms with Gasteiger partial charge < -0.3 is 4.74 Å². The first-order valence-electron chi connectivity index (χ1n) is 9.72. The lowest BCUT2D eigenvalue weighted by molar-refractivity contribution is 0.119. The van der Waals surface area contributed by atoms with Crippen LogP contribution in [0.1, 0.15) is 74.8 Å². The Morgan fingerprint density at radius 2 is 1.58 bits per heavy atom. The van der Waals surface area contributed by atoms with E-state index in [-0.39, 0.29) is 0 Å². The molecule has 0 heterocycles. The molecule has 1 aromatic rings. The highest BCUT2D eigenvalue weighted by Crippen LogP contribution is 2.37. The van der Waals surface area contributed by atoms with Gasteiger partial charge in [-0.25, -0.2) is 0 Å². The Balaban J connectivity index is 1.69. The van der Waals surface area contributed by atoms with Crippen molar-refractivity contribution >= 4 is 0 Å². The fraction of sp³-hybridized carbons (Fsp3) is 0.565. The van der Waals surface area contributed by atoms with Crippen LogP contribution in [0.25, 0.3) is 0 Å². The Hall–Kier alpha value is -1.34. The molecule has 0 unspecified atom stereocenters. The summed E-state index contributed by atoms with van der Waals surface area (Å²) in [5.74, 6) is 1.72. The SMILES string of the molecule is C=CCCCOCc1ccc(C2CCC(CCCC=C)CC2)cc1. The van der Waals surface area contributed by atoms with Gasteiger partial charge in [0.05, 0.1) is 6.61 Å². The highest BCUT2D eigenvalue weighted by Gasteiger charge is 2.21. The Morgan fingerprint density at radius 1 is 0.917 bits per heavy atom. The number of allylic oxidation sites excluding steroid dienone is 2. The smallest absolute Gasteiger partial charge is 0.0716 e. The van der Waals surface area contributed by atoms with Crippen LogP contribution < -0.4 is 0 Å². The van der Waals surface area contributed by atoms with Crippen molar-refractivity contribution in [3.63, 3.8) is 0 Å². The molecule has 0 saturated heterocycles. The number of unbranched alkanes of at least 4 members (excludes halogenated alkanes) is 2. The van der Waals surface area contributed by atoms with Crippen molar-refractivity contribution < 1.29 is 4.74 Å². The van der Waals surface area contributed by atoms with Crippen molar-refractivity contribution in [2.75, 3.05) is 6.61 Å². The zero-order valence-corrected chi connectivity index (χ0v) is 15.2. The average molecular weight is 327 g/mol. The summed E-state index contributed by atoms with van der Waals surface area (Å²) in [6, 6.07) is 9.15. The molecule has 0 atom stereocenters. The van der Waals surface area contributed by atoms with Gasteiger partial charge in [0.2, 0.25) is 0 Å². The fourth-order valence-corrected chi connectivity index (χ4v) is 3.74. The summed E-state index contributed by atoms with van der Waals surface area (Å²) in [6.45, 7) is 9.11. The molecular weight excluding hydrogens is 292 g/mol. The molecule has 0 N–H and O–H groups in total. The van der Waals surface area contributed by atoms with E-state index in [1.807, 2.05) is 6.08 Å². The molecule has 0 aromatic heterocycles. The normalized spacial score (nSPS) is 20.7. The van der Waals surface area contributed by atoms with Gasteiger partial charge in [0.25, 0.3) is 0 Å². The molecule has 1 nitrogen and oxygen atoms in total. The van der Waals surface area contributed by atoms with E-state index >= 15 is 0 Å². The van der Waals surface area contributed by atoms with E-state index in [1.165, 1.54) is 56.1 Å². The van der Waals surface area contributed by atoms with Crippen LogP contribution in [-0.2, 0) is 11.3 Å². The summed E-state index contributed by atoms with van der Waals surface area (Å²) in [5.41, 5.74) is 2.81. The molecule has 1 saturated carbocycles. The minimum Gasteiger partial charge on any atom is -0.377 e. The van der Waals surface area contributed by atoms with Gasteiger partial charge in [-0.2, -0.15) is 0 Å². The predicted molar refractivity (Wildman–Crippen MR) is 104 cm³/mol. The van der Waals surface area contributed by atoms with Gasteiger partial charge in [-0.05, 0) is 74.3 Å². The van der Waals surface area contributed by atoms with Gasteiger partial charge in [-0.1, -0.05) is 42.8 Å². The second-order valence-electron chi connectivity index (χ2n) is 7.16. The van der Waals surface area contributed by atoms with Crippen molar-refractivity contribution in [2.45, 2.75) is 70.3 Å². The van der Waals surface area contributed by atoms with E-state index in [1.54, 1.807) is 0 Å². The van der Waals surface area contributed by atoms with E-state index < -0.39 is 0 Å². The molecule has 0 bridgehead atoms. The van der Waals surface area contributed by atoms with Gasteiger partial charge >= 0.3 is 0 Å².